The van der Waals surface area contributed by atoms with E-state index >= 15 is 0 Å². The van der Waals surface area contributed by atoms with Gasteiger partial charge in [0.1, 0.15) is 17.1 Å². The average molecular weight is 417 g/mol. The van der Waals surface area contributed by atoms with Gasteiger partial charge in [-0.15, -0.1) is 0 Å². The van der Waals surface area contributed by atoms with Gasteiger partial charge < -0.3 is 14.5 Å². The number of nitrogens with one attached hydrogen (secondary N) is 1. The van der Waals surface area contributed by atoms with Crippen LogP contribution in [0.1, 0.15) is 39.1 Å². The summed E-state index contributed by atoms with van der Waals surface area (Å²) in [6.45, 7) is 3.25. The molecule has 3 rings (SSSR count). The topological polar surface area (TPSA) is 68.5 Å². The summed E-state index contributed by atoms with van der Waals surface area (Å²) in [7, 11) is 0. The highest BCUT2D eigenvalue weighted by molar-refractivity contribution is 5.98. The van der Waals surface area contributed by atoms with Crippen molar-refractivity contribution in [3.05, 3.63) is 88.9 Å². The number of benzene rings is 2. The summed E-state index contributed by atoms with van der Waals surface area (Å²) < 4.78 is 49.5. The molecule has 0 aliphatic heterocycles. The van der Waals surface area contributed by atoms with Crippen molar-refractivity contribution in [2.45, 2.75) is 26.1 Å². The smallest absolute Gasteiger partial charge is 0.416 e. The highest BCUT2D eigenvalue weighted by Gasteiger charge is 2.31. The number of aryl methyl sites for hydroxylation is 2. The van der Waals surface area contributed by atoms with Crippen LogP contribution < -0.4 is 5.32 Å². The molecule has 1 aromatic heterocycles. The van der Waals surface area contributed by atoms with Crippen molar-refractivity contribution < 1.29 is 31.9 Å². The summed E-state index contributed by atoms with van der Waals surface area (Å²) in [5.74, 6) is -0.726. The molecule has 1 atom stereocenters. The first-order chi connectivity index (χ1) is 14.1. The number of carbonyl (C=O) groups excluding carboxylic acids is 2. The number of amides is 1. The van der Waals surface area contributed by atoms with E-state index in [1.807, 2.05) is 0 Å². The Balaban J connectivity index is 1.87. The fourth-order valence-corrected chi connectivity index (χ4v) is 2.89. The van der Waals surface area contributed by atoms with Gasteiger partial charge in [0.2, 0.25) is 6.10 Å². The Morgan fingerprint density at radius 2 is 1.70 bits per heavy atom. The lowest BCUT2D eigenvalue weighted by molar-refractivity contribution is -0.137. The average Bonchev–Trinajstić information content (AvgIpc) is 3.04. The van der Waals surface area contributed by atoms with Crippen molar-refractivity contribution >= 4 is 17.6 Å². The van der Waals surface area contributed by atoms with Gasteiger partial charge in [0.15, 0.2) is 0 Å². The summed E-state index contributed by atoms with van der Waals surface area (Å²) in [6.07, 6.45) is -5.93. The Morgan fingerprint density at radius 3 is 2.30 bits per heavy atom. The lowest BCUT2D eigenvalue weighted by Gasteiger charge is -2.18. The van der Waals surface area contributed by atoms with E-state index < -0.39 is 29.7 Å². The third kappa shape index (κ3) is 4.89. The van der Waals surface area contributed by atoms with Crippen molar-refractivity contribution in [3.8, 4) is 0 Å². The number of esters is 1. The Hall–Kier alpha value is -3.55. The van der Waals surface area contributed by atoms with E-state index in [1.165, 1.54) is 18.2 Å². The van der Waals surface area contributed by atoms with Crippen LogP contribution >= 0.6 is 0 Å². The Morgan fingerprint density at radius 1 is 1.00 bits per heavy atom. The summed E-state index contributed by atoms with van der Waals surface area (Å²) in [6, 6.07) is 13.9. The molecular formula is C22H18F3NO4. The third-order valence-electron chi connectivity index (χ3n) is 4.28. The molecule has 0 saturated carbocycles. The van der Waals surface area contributed by atoms with Gasteiger partial charge in [0.25, 0.3) is 5.91 Å². The molecule has 0 saturated heterocycles. The first-order valence-electron chi connectivity index (χ1n) is 8.96. The second-order valence-electron chi connectivity index (χ2n) is 6.59. The quantitative estimate of drug-likeness (QED) is 0.561. The van der Waals surface area contributed by atoms with Gasteiger partial charge in [-0.25, -0.2) is 4.79 Å². The van der Waals surface area contributed by atoms with E-state index in [4.69, 9.17) is 9.15 Å². The zero-order valence-electron chi connectivity index (χ0n) is 16.1. The number of hydrogen-bond donors (Lipinski definition) is 1. The molecule has 8 heteroatoms. The van der Waals surface area contributed by atoms with Crippen molar-refractivity contribution in [3.63, 3.8) is 0 Å². The van der Waals surface area contributed by atoms with E-state index in [2.05, 4.69) is 5.32 Å². The van der Waals surface area contributed by atoms with Gasteiger partial charge in [-0.05, 0) is 38.1 Å². The monoisotopic (exact) mass is 417 g/mol. The van der Waals surface area contributed by atoms with E-state index in [-0.39, 0.29) is 11.3 Å². The van der Waals surface area contributed by atoms with Crippen LogP contribution in [0.25, 0.3) is 0 Å². The lowest BCUT2D eigenvalue weighted by atomic mass is 10.1. The highest BCUT2D eigenvalue weighted by atomic mass is 19.4. The number of alkyl halides is 3. The number of carbonyl (C=O) groups is 2. The Kier molecular flexibility index (Phi) is 5.96. The molecule has 30 heavy (non-hydrogen) atoms. The minimum Gasteiger partial charge on any atom is -0.466 e. The van der Waals surface area contributed by atoms with Crippen molar-refractivity contribution in [2.75, 3.05) is 5.32 Å². The number of halogens is 3. The molecule has 0 aliphatic rings. The van der Waals surface area contributed by atoms with Crippen molar-refractivity contribution in [2.24, 2.45) is 0 Å². The Labute approximate surface area is 170 Å². The van der Waals surface area contributed by atoms with E-state index in [0.29, 0.717) is 17.1 Å². The predicted octanol–water partition coefficient (Wildman–Crippen LogP) is 5.45. The lowest BCUT2D eigenvalue weighted by Crippen LogP contribution is -2.26. The second kappa shape index (κ2) is 8.44. The van der Waals surface area contributed by atoms with Crippen LogP contribution in [0, 0.1) is 13.8 Å². The van der Waals surface area contributed by atoms with Crippen LogP contribution in [0.5, 0.6) is 0 Å². The molecule has 0 spiro atoms. The minimum atomic E-state index is -4.55. The number of ether oxygens (including phenoxy) is 1. The van der Waals surface area contributed by atoms with Crippen LogP contribution in [0.4, 0.5) is 18.9 Å². The van der Waals surface area contributed by atoms with Crippen LogP contribution in [0.3, 0.4) is 0 Å². The summed E-state index contributed by atoms with van der Waals surface area (Å²) in [5.41, 5.74) is -0.436. The standard InChI is InChI=1S/C22H18F3NO4/c1-13-11-18(14(2)29-13)21(28)30-19(15-7-4-3-5-8-15)20(27)26-17-10-6-9-16(12-17)22(23,24)25/h3-12,19H,1-2H3,(H,26,27)/t19-/m0/s1. The Bertz CT molecular complexity index is 1060. The molecule has 1 heterocycles. The van der Waals surface area contributed by atoms with Crippen LogP contribution in [-0.2, 0) is 15.7 Å². The number of hydrogen-bond acceptors (Lipinski definition) is 4. The third-order valence-corrected chi connectivity index (χ3v) is 4.28. The molecule has 0 fully saturated rings. The molecular weight excluding hydrogens is 399 g/mol. The second-order valence-corrected chi connectivity index (χ2v) is 6.59. The molecule has 5 nitrogen and oxygen atoms in total. The van der Waals surface area contributed by atoms with E-state index in [0.717, 1.165) is 12.1 Å². The first-order valence-corrected chi connectivity index (χ1v) is 8.96. The van der Waals surface area contributed by atoms with E-state index in [9.17, 15) is 22.8 Å². The molecule has 156 valence electrons. The first kappa shape index (κ1) is 21.2. The SMILES string of the molecule is Cc1cc(C(=O)O[C@H](C(=O)Nc2cccc(C(F)(F)F)c2)c2ccccc2)c(C)o1. The van der Waals surface area contributed by atoms with Gasteiger partial charge in [0, 0.05) is 11.3 Å². The predicted molar refractivity (Wildman–Crippen MR) is 103 cm³/mol. The van der Waals surface area contributed by atoms with Gasteiger partial charge in [-0.1, -0.05) is 36.4 Å². The number of rotatable bonds is 5. The molecule has 1 amide bonds. The maximum absolute atomic E-state index is 12.9. The largest absolute Gasteiger partial charge is 0.466 e. The highest BCUT2D eigenvalue weighted by Crippen LogP contribution is 2.31. The summed E-state index contributed by atoms with van der Waals surface area (Å²) in [4.78, 5) is 25.4. The number of furan rings is 1. The summed E-state index contributed by atoms with van der Waals surface area (Å²) >= 11 is 0. The molecule has 1 N–H and O–H groups in total. The van der Waals surface area contributed by atoms with Crippen LogP contribution in [-0.4, -0.2) is 11.9 Å². The minimum absolute atomic E-state index is 0.0675. The zero-order chi connectivity index (χ0) is 21.9. The molecule has 0 aliphatic carbocycles. The van der Waals surface area contributed by atoms with Crippen molar-refractivity contribution in [1.82, 2.24) is 0 Å². The molecule has 0 unspecified atom stereocenters. The fourth-order valence-electron chi connectivity index (χ4n) is 2.89. The maximum Gasteiger partial charge on any atom is 0.416 e. The number of anilines is 1. The van der Waals surface area contributed by atoms with E-state index in [1.54, 1.807) is 44.2 Å². The van der Waals surface area contributed by atoms with Crippen LogP contribution in [0.15, 0.2) is 65.1 Å². The van der Waals surface area contributed by atoms with Crippen molar-refractivity contribution in [1.29, 1.82) is 0 Å². The zero-order valence-corrected chi connectivity index (χ0v) is 16.1. The molecule has 0 bridgehead atoms. The fraction of sp³-hybridized carbons (Fsp3) is 0.182. The van der Waals surface area contributed by atoms with Gasteiger partial charge in [0.05, 0.1) is 5.56 Å². The van der Waals surface area contributed by atoms with Gasteiger partial charge in [-0.2, -0.15) is 13.2 Å². The van der Waals surface area contributed by atoms with Crippen LogP contribution in [0.2, 0.25) is 0 Å². The molecule has 0 radical (unpaired) electrons. The molecule has 2 aromatic carbocycles. The van der Waals surface area contributed by atoms with Gasteiger partial charge in [-0.3, -0.25) is 4.79 Å². The molecule has 3 aromatic rings. The normalized spacial score (nSPS) is 12.3. The maximum atomic E-state index is 12.9. The summed E-state index contributed by atoms with van der Waals surface area (Å²) in [5, 5.41) is 2.39. The van der Waals surface area contributed by atoms with Gasteiger partial charge >= 0.3 is 12.1 Å².